The van der Waals surface area contributed by atoms with E-state index in [9.17, 15) is 0 Å². The van der Waals surface area contributed by atoms with E-state index in [1.807, 2.05) is 23.9 Å². The highest BCUT2D eigenvalue weighted by Gasteiger charge is 2.24. The smallest absolute Gasteiger partial charge is 0.186 e. The first-order valence-electron chi connectivity index (χ1n) is 9.86. The van der Waals surface area contributed by atoms with Gasteiger partial charge in [0.15, 0.2) is 22.1 Å². The summed E-state index contributed by atoms with van der Waals surface area (Å²) >= 11 is 7.99. The van der Waals surface area contributed by atoms with Gasteiger partial charge >= 0.3 is 0 Å². The van der Waals surface area contributed by atoms with E-state index < -0.39 is 0 Å². The van der Waals surface area contributed by atoms with Gasteiger partial charge in [0.05, 0.1) is 23.2 Å². The monoisotopic (exact) mass is 443 g/mol. The predicted octanol–water partition coefficient (Wildman–Crippen LogP) is 3.37. The Hall–Kier alpha value is -2.49. The van der Waals surface area contributed by atoms with Crippen LogP contribution in [0, 0.1) is 6.92 Å². The number of piperazine rings is 1. The third-order valence-electron chi connectivity index (χ3n) is 5.50. The van der Waals surface area contributed by atoms with Crippen molar-refractivity contribution in [3.8, 4) is 0 Å². The Morgan fingerprint density at radius 1 is 1.07 bits per heavy atom. The molecule has 0 unspecified atom stereocenters. The Kier molecular flexibility index (Phi) is 5.18. The molecule has 1 aromatic carbocycles. The Morgan fingerprint density at radius 3 is 2.67 bits per heavy atom. The predicted molar refractivity (Wildman–Crippen MR) is 121 cm³/mol. The van der Waals surface area contributed by atoms with Gasteiger partial charge in [-0.05, 0) is 24.6 Å². The number of nitrogens with zero attached hydrogens (tertiary/aromatic N) is 7. The van der Waals surface area contributed by atoms with Gasteiger partial charge in [-0.3, -0.25) is 0 Å². The summed E-state index contributed by atoms with van der Waals surface area (Å²) in [4.78, 5) is 23.0. The maximum absolute atomic E-state index is 6.26. The van der Waals surface area contributed by atoms with E-state index in [2.05, 4.69) is 30.8 Å². The van der Waals surface area contributed by atoms with Gasteiger partial charge in [-0.25, -0.2) is 19.9 Å². The van der Waals surface area contributed by atoms with Crippen molar-refractivity contribution >= 4 is 55.3 Å². The highest BCUT2D eigenvalue weighted by Crippen LogP contribution is 2.34. The summed E-state index contributed by atoms with van der Waals surface area (Å²) in [5.74, 6) is 0.891. The van der Waals surface area contributed by atoms with Gasteiger partial charge in [0.1, 0.15) is 6.33 Å². The SMILES string of the molecule is COCCn1cnc2c(N3CCN(c4nc5c(C)c(Cl)ccc5s4)CC3)ncnc21. The van der Waals surface area contributed by atoms with E-state index in [0.717, 1.165) is 70.9 Å². The quantitative estimate of drug-likeness (QED) is 0.468. The number of aryl methyl sites for hydroxylation is 1. The van der Waals surface area contributed by atoms with Gasteiger partial charge in [0.2, 0.25) is 0 Å². The number of fused-ring (bicyclic) bond motifs is 2. The lowest BCUT2D eigenvalue weighted by Gasteiger charge is -2.35. The van der Waals surface area contributed by atoms with Crippen LogP contribution in [0.2, 0.25) is 5.02 Å². The second kappa shape index (κ2) is 7.98. The number of ether oxygens (including phenoxy) is 1. The van der Waals surface area contributed by atoms with E-state index in [-0.39, 0.29) is 0 Å². The molecule has 0 spiro atoms. The minimum Gasteiger partial charge on any atom is -0.383 e. The van der Waals surface area contributed by atoms with Gasteiger partial charge in [0.25, 0.3) is 0 Å². The number of halogens is 1. The average Bonchev–Trinajstić information content (AvgIpc) is 3.40. The number of methoxy groups -OCH3 is 1. The van der Waals surface area contributed by atoms with Crippen LogP contribution in [0.3, 0.4) is 0 Å². The summed E-state index contributed by atoms with van der Waals surface area (Å²) in [7, 11) is 1.69. The Labute approximate surface area is 183 Å². The van der Waals surface area contributed by atoms with Crippen molar-refractivity contribution in [2.24, 2.45) is 0 Å². The van der Waals surface area contributed by atoms with Crippen molar-refractivity contribution in [2.75, 3.05) is 49.7 Å². The van der Waals surface area contributed by atoms with Crippen molar-refractivity contribution in [2.45, 2.75) is 13.5 Å². The molecule has 0 N–H and O–H groups in total. The van der Waals surface area contributed by atoms with Gasteiger partial charge in [-0.2, -0.15) is 0 Å². The van der Waals surface area contributed by atoms with Crippen LogP contribution in [0.15, 0.2) is 24.8 Å². The minimum absolute atomic E-state index is 0.621. The first-order chi connectivity index (χ1) is 14.7. The topological polar surface area (TPSA) is 72.2 Å². The number of anilines is 2. The number of hydrogen-bond donors (Lipinski definition) is 0. The normalized spacial score (nSPS) is 14.9. The molecular weight excluding hydrogens is 422 g/mol. The van der Waals surface area contributed by atoms with Crippen molar-refractivity contribution < 1.29 is 4.74 Å². The fourth-order valence-corrected chi connectivity index (χ4v) is 5.02. The lowest BCUT2D eigenvalue weighted by atomic mass is 10.2. The van der Waals surface area contributed by atoms with Crippen molar-refractivity contribution in [1.82, 2.24) is 24.5 Å². The van der Waals surface area contributed by atoms with Crippen LogP contribution in [-0.4, -0.2) is 64.4 Å². The van der Waals surface area contributed by atoms with E-state index in [1.54, 1.807) is 24.8 Å². The second-order valence-electron chi connectivity index (χ2n) is 7.29. The number of hydrogen-bond acceptors (Lipinski definition) is 8. The standard InChI is InChI=1S/C20H22ClN7OS/c1-13-14(21)3-4-15-16(13)25-20(30-15)27-7-5-26(6-8-27)18-17-19(23-11-22-18)28(12-24-17)9-10-29-2/h3-4,11-12H,5-10H2,1-2H3. The van der Waals surface area contributed by atoms with Crippen molar-refractivity contribution in [3.63, 3.8) is 0 Å². The third kappa shape index (κ3) is 3.36. The highest BCUT2D eigenvalue weighted by atomic mass is 35.5. The molecule has 1 fully saturated rings. The summed E-state index contributed by atoms with van der Waals surface area (Å²) in [6.07, 6.45) is 3.43. The maximum Gasteiger partial charge on any atom is 0.186 e. The molecule has 4 heterocycles. The third-order valence-corrected chi connectivity index (χ3v) is 7.00. The molecule has 5 rings (SSSR count). The molecule has 4 aromatic rings. The Balaban J connectivity index is 1.35. The van der Waals surface area contributed by atoms with E-state index >= 15 is 0 Å². The zero-order valence-electron chi connectivity index (χ0n) is 16.9. The largest absolute Gasteiger partial charge is 0.383 e. The molecule has 0 radical (unpaired) electrons. The van der Waals surface area contributed by atoms with Crippen LogP contribution in [0.25, 0.3) is 21.4 Å². The molecule has 3 aromatic heterocycles. The number of imidazole rings is 1. The van der Waals surface area contributed by atoms with E-state index in [0.29, 0.717) is 6.61 Å². The molecular formula is C20H22ClN7OS. The number of rotatable bonds is 5. The number of thiazole rings is 1. The van der Waals surface area contributed by atoms with E-state index in [4.69, 9.17) is 21.3 Å². The maximum atomic E-state index is 6.26. The first-order valence-corrected chi connectivity index (χ1v) is 11.1. The van der Waals surface area contributed by atoms with Crippen LogP contribution in [0.5, 0.6) is 0 Å². The number of aromatic nitrogens is 5. The molecule has 8 nitrogen and oxygen atoms in total. The summed E-state index contributed by atoms with van der Waals surface area (Å²) in [5.41, 5.74) is 3.73. The Bertz CT molecular complexity index is 1200. The lowest BCUT2D eigenvalue weighted by molar-refractivity contribution is 0.188. The highest BCUT2D eigenvalue weighted by molar-refractivity contribution is 7.22. The van der Waals surface area contributed by atoms with Gasteiger partial charge in [-0.1, -0.05) is 22.9 Å². The van der Waals surface area contributed by atoms with Crippen LogP contribution >= 0.6 is 22.9 Å². The molecule has 30 heavy (non-hydrogen) atoms. The van der Waals surface area contributed by atoms with Crippen molar-refractivity contribution in [1.29, 1.82) is 0 Å². The zero-order valence-corrected chi connectivity index (χ0v) is 18.4. The summed E-state index contributed by atoms with van der Waals surface area (Å²) in [5, 5.41) is 1.81. The van der Waals surface area contributed by atoms with Crippen LogP contribution in [0.1, 0.15) is 5.56 Å². The summed E-state index contributed by atoms with van der Waals surface area (Å²) in [6.45, 7) is 6.83. The van der Waals surface area contributed by atoms with E-state index in [1.165, 1.54) is 4.70 Å². The molecule has 1 aliphatic rings. The van der Waals surface area contributed by atoms with Crippen LogP contribution in [-0.2, 0) is 11.3 Å². The van der Waals surface area contributed by atoms with Crippen LogP contribution in [0.4, 0.5) is 10.9 Å². The Morgan fingerprint density at radius 2 is 1.87 bits per heavy atom. The summed E-state index contributed by atoms with van der Waals surface area (Å²) in [6, 6.07) is 4.00. The molecule has 0 atom stereocenters. The average molecular weight is 444 g/mol. The summed E-state index contributed by atoms with van der Waals surface area (Å²) < 4.78 is 8.36. The second-order valence-corrected chi connectivity index (χ2v) is 8.71. The fourth-order valence-electron chi connectivity index (χ4n) is 3.79. The molecule has 0 amide bonds. The van der Waals surface area contributed by atoms with Gasteiger partial charge in [0, 0.05) is 44.9 Å². The number of benzene rings is 1. The van der Waals surface area contributed by atoms with Gasteiger partial charge in [-0.15, -0.1) is 0 Å². The lowest BCUT2D eigenvalue weighted by Crippen LogP contribution is -2.46. The molecule has 156 valence electrons. The first kappa shape index (κ1) is 19.5. The van der Waals surface area contributed by atoms with Gasteiger partial charge < -0.3 is 19.1 Å². The fraction of sp³-hybridized carbons (Fsp3) is 0.400. The van der Waals surface area contributed by atoms with Crippen LogP contribution < -0.4 is 9.80 Å². The molecule has 1 aliphatic heterocycles. The molecule has 1 saturated heterocycles. The molecule has 0 bridgehead atoms. The zero-order chi connectivity index (χ0) is 20.7. The molecule has 0 aliphatic carbocycles. The van der Waals surface area contributed by atoms with Crippen molar-refractivity contribution in [3.05, 3.63) is 35.4 Å². The minimum atomic E-state index is 0.621. The molecule has 0 saturated carbocycles. The molecule has 10 heteroatoms.